The van der Waals surface area contributed by atoms with Gasteiger partial charge in [-0.3, -0.25) is 4.79 Å². The number of halogens is 2. The Morgan fingerprint density at radius 3 is 3.00 bits per heavy atom. The Morgan fingerprint density at radius 2 is 2.44 bits per heavy atom. The van der Waals surface area contributed by atoms with Crippen molar-refractivity contribution in [1.29, 1.82) is 0 Å². The van der Waals surface area contributed by atoms with Crippen LogP contribution in [0.3, 0.4) is 0 Å². The van der Waals surface area contributed by atoms with Crippen molar-refractivity contribution in [2.45, 2.75) is 24.6 Å². The largest absolute Gasteiger partial charge is 0.352 e. The van der Waals surface area contributed by atoms with Crippen molar-refractivity contribution in [3.8, 4) is 0 Å². The van der Waals surface area contributed by atoms with Gasteiger partial charge >= 0.3 is 0 Å². The molecule has 0 bridgehead atoms. The number of hydrogen-bond donors (Lipinski definition) is 1. The standard InChI is InChI=1S/C11H13BrClNOS/c12-10-4-8(6-16-10)11(15)14-5-7-2-1-3-9(7)13/h4,6-7,9H,1-3,5H2,(H,14,15). The molecule has 0 saturated heterocycles. The van der Waals surface area contributed by atoms with Crippen LogP contribution in [0.5, 0.6) is 0 Å². The van der Waals surface area contributed by atoms with Crippen LogP contribution in [-0.2, 0) is 0 Å². The molecule has 88 valence electrons. The highest BCUT2D eigenvalue weighted by Crippen LogP contribution is 2.29. The molecule has 2 unspecified atom stereocenters. The maximum Gasteiger partial charge on any atom is 0.252 e. The molecule has 1 aromatic heterocycles. The molecule has 2 rings (SSSR count). The van der Waals surface area contributed by atoms with Gasteiger partial charge in [0, 0.05) is 17.3 Å². The fourth-order valence-electron chi connectivity index (χ4n) is 1.98. The van der Waals surface area contributed by atoms with E-state index in [9.17, 15) is 4.79 Å². The van der Waals surface area contributed by atoms with E-state index >= 15 is 0 Å². The summed E-state index contributed by atoms with van der Waals surface area (Å²) >= 11 is 11.0. The number of nitrogens with one attached hydrogen (secondary N) is 1. The lowest BCUT2D eigenvalue weighted by atomic mass is 10.1. The number of carbonyl (C=O) groups is 1. The molecular weight excluding hydrogens is 310 g/mol. The third-order valence-electron chi connectivity index (χ3n) is 2.92. The molecule has 0 radical (unpaired) electrons. The van der Waals surface area contributed by atoms with E-state index in [2.05, 4.69) is 21.2 Å². The summed E-state index contributed by atoms with van der Waals surface area (Å²) in [6.45, 7) is 0.695. The fraction of sp³-hybridized carbons (Fsp3) is 0.545. The number of hydrogen-bond acceptors (Lipinski definition) is 2. The highest BCUT2D eigenvalue weighted by molar-refractivity contribution is 9.11. The first-order chi connectivity index (χ1) is 7.66. The first-order valence-electron chi connectivity index (χ1n) is 5.33. The van der Waals surface area contributed by atoms with Gasteiger partial charge in [0.15, 0.2) is 0 Å². The number of thiophene rings is 1. The van der Waals surface area contributed by atoms with Gasteiger partial charge in [-0.1, -0.05) is 6.42 Å². The van der Waals surface area contributed by atoms with Crippen LogP contribution in [0.2, 0.25) is 0 Å². The summed E-state index contributed by atoms with van der Waals surface area (Å²) in [5.74, 6) is 0.436. The number of carbonyl (C=O) groups excluding carboxylic acids is 1. The molecule has 0 aliphatic heterocycles. The second-order valence-electron chi connectivity index (χ2n) is 4.06. The van der Waals surface area contributed by atoms with E-state index in [1.165, 1.54) is 17.8 Å². The summed E-state index contributed by atoms with van der Waals surface area (Å²) in [5.41, 5.74) is 0.723. The van der Waals surface area contributed by atoms with Crippen LogP contribution in [0.25, 0.3) is 0 Å². The molecule has 1 saturated carbocycles. The van der Waals surface area contributed by atoms with E-state index in [0.29, 0.717) is 12.5 Å². The Kier molecular flexibility index (Phi) is 4.27. The van der Waals surface area contributed by atoms with Crippen LogP contribution in [0, 0.1) is 5.92 Å². The molecule has 1 N–H and O–H groups in total. The molecule has 16 heavy (non-hydrogen) atoms. The molecule has 0 aromatic carbocycles. The van der Waals surface area contributed by atoms with Crippen molar-refractivity contribution in [2.24, 2.45) is 5.92 Å². The quantitative estimate of drug-likeness (QED) is 0.846. The number of rotatable bonds is 3. The SMILES string of the molecule is O=C(NCC1CCCC1Cl)c1csc(Br)c1. The monoisotopic (exact) mass is 321 g/mol. The Bertz CT molecular complexity index is 382. The van der Waals surface area contributed by atoms with Crippen molar-refractivity contribution < 1.29 is 4.79 Å². The second kappa shape index (κ2) is 5.52. The number of amides is 1. The van der Waals surface area contributed by atoms with Crippen LogP contribution in [-0.4, -0.2) is 17.8 Å². The summed E-state index contributed by atoms with van der Waals surface area (Å²) in [6.07, 6.45) is 3.38. The summed E-state index contributed by atoms with van der Waals surface area (Å²) in [5, 5.41) is 5.03. The predicted molar refractivity (Wildman–Crippen MR) is 71.3 cm³/mol. The summed E-state index contributed by atoms with van der Waals surface area (Å²) < 4.78 is 0.980. The Morgan fingerprint density at radius 1 is 1.62 bits per heavy atom. The summed E-state index contributed by atoms with van der Waals surface area (Å²) in [6, 6.07) is 1.84. The first kappa shape index (κ1) is 12.4. The second-order valence-corrected chi connectivity index (χ2v) is 6.91. The Labute approximate surface area is 113 Å². The van der Waals surface area contributed by atoms with Gasteiger partial charge in [-0.2, -0.15) is 0 Å². The third kappa shape index (κ3) is 2.99. The van der Waals surface area contributed by atoms with Crippen LogP contribution in [0.1, 0.15) is 29.6 Å². The number of alkyl halides is 1. The minimum Gasteiger partial charge on any atom is -0.352 e. The van der Waals surface area contributed by atoms with Gasteiger partial charge in [0.25, 0.3) is 5.91 Å². The van der Waals surface area contributed by atoms with Crippen molar-refractivity contribution in [1.82, 2.24) is 5.32 Å². The molecule has 2 atom stereocenters. The predicted octanol–water partition coefficient (Wildman–Crippen LogP) is 3.65. The van der Waals surface area contributed by atoms with Gasteiger partial charge in [-0.05, 0) is 40.8 Å². The lowest BCUT2D eigenvalue weighted by Crippen LogP contribution is -2.30. The Hall–Kier alpha value is -0.0600. The molecule has 2 nitrogen and oxygen atoms in total. The zero-order chi connectivity index (χ0) is 11.5. The molecular formula is C11H13BrClNOS. The van der Waals surface area contributed by atoms with E-state index in [4.69, 9.17) is 11.6 Å². The minimum absolute atomic E-state index is 0.00211. The molecule has 1 amide bonds. The minimum atomic E-state index is -0.00211. The molecule has 1 aliphatic rings. The lowest BCUT2D eigenvalue weighted by Gasteiger charge is -2.13. The average molecular weight is 323 g/mol. The normalized spacial score (nSPS) is 24.6. The van der Waals surface area contributed by atoms with Crippen molar-refractivity contribution >= 4 is 44.8 Å². The van der Waals surface area contributed by atoms with Gasteiger partial charge < -0.3 is 5.32 Å². The third-order valence-corrected chi connectivity index (χ3v) is 5.00. The van der Waals surface area contributed by atoms with Crippen LogP contribution < -0.4 is 5.32 Å². The van der Waals surface area contributed by atoms with Gasteiger partial charge in [0.1, 0.15) is 0 Å². The average Bonchev–Trinajstić information content (AvgIpc) is 2.84. The van der Waals surface area contributed by atoms with Crippen LogP contribution >= 0.6 is 38.9 Å². The fourth-order valence-corrected chi connectivity index (χ4v) is 3.48. The Balaban J connectivity index is 1.84. The van der Waals surface area contributed by atoms with Gasteiger partial charge in [0.05, 0.1) is 9.35 Å². The molecule has 5 heteroatoms. The van der Waals surface area contributed by atoms with Crippen LogP contribution in [0.4, 0.5) is 0 Å². The molecule has 1 aromatic rings. The zero-order valence-corrected chi connectivity index (χ0v) is 11.9. The maximum atomic E-state index is 11.8. The van der Waals surface area contributed by atoms with E-state index in [1.54, 1.807) is 0 Å². The smallest absolute Gasteiger partial charge is 0.252 e. The molecule has 1 heterocycles. The van der Waals surface area contributed by atoms with Gasteiger partial charge in [0.2, 0.25) is 0 Å². The topological polar surface area (TPSA) is 29.1 Å². The zero-order valence-electron chi connectivity index (χ0n) is 8.71. The summed E-state index contributed by atoms with van der Waals surface area (Å²) in [4.78, 5) is 11.8. The van der Waals surface area contributed by atoms with E-state index in [0.717, 1.165) is 22.2 Å². The van der Waals surface area contributed by atoms with E-state index < -0.39 is 0 Å². The summed E-state index contributed by atoms with van der Waals surface area (Å²) in [7, 11) is 0. The molecule has 0 spiro atoms. The molecule has 1 fully saturated rings. The highest BCUT2D eigenvalue weighted by Gasteiger charge is 2.25. The molecule has 1 aliphatic carbocycles. The van der Waals surface area contributed by atoms with Crippen LogP contribution in [0.15, 0.2) is 15.2 Å². The van der Waals surface area contributed by atoms with Crippen molar-refractivity contribution in [3.05, 3.63) is 20.8 Å². The lowest BCUT2D eigenvalue weighted by molar-refractivity contribution is 0.0948. The first-order valence-corrected chi connectivity index (χ1v) is 7.44. The highest BCUT2D eigenvalue weighted by atomic mass is 79.9. The van der Waals surface area contributed by atoms with Gasteiger partial charge in [-0.15, -0.1) is 22.9 Å². The van der Waals surface area contributed by atoms with Gasteiger partial charge in [-0.25, -0.2) is 0 Å². The van der Waals surface area contributed by atoms with Crippen molar-refractivity contribution in [3.63, 3.8) is 0 Å². The van der Waals surface area contributed by atoms with E-state index in [1.807, 2.05) is 11.4 Å². The van der Waals surface area contributed by atoms with E-state index in [-0.39, 0.29) is 11.3 Å². The van der Waals surface area contributed by atoms with Crippen molar-refractivity contribution in [2.75, 3.05) is 6.54 Å². The maximum absolute atomic E-state index is 11.8.